The fraction of sp³-hybridized carbons (Fsp3) is 0.462. The van der Waals surface area contributed by atoms with Gasteiger partial charge in [-0.05, 0) is 42.9 Å². The van der Waals surface area contributed by atoms with E-state index in [2.05, 4.69) is 60.6 Å². The second-order valence-corrected chi connectivity index (χ2v) is 7.98. The Morgan fingerprint density at radius 3 is 2.72 bits per heavy atom. The third-order valence-electron chi connectivity index (χ3n) is 5.39. The van der Waals surface area contributed by atoms with Crippen molar-refractivity contribution in [3.8, 4) is 0 Å². The van der Waals surface area contributed by atoms with E-state index < -0.39 is 6.10 Å². The molecule has 1 atom stereocenters. The van der Waals surface area contributed by atoms with E-state index in [9.17, 15) is 5.11 Å². The summed E-state index contributed by atoms with van der Waals surface area (Å²) in [6, 6.07) is 8.60. The molecule has 1 aromatic rings. The molecule has 29 heavy (non-hydrogen) atoms. The van der Waals surface area contributed by atoms with Crippen LogP contribution in [-0.2, 0) is 13.0 Å². The van der Waals surface area contributed by atoms with Crippen molar-refractivity contribution < 1.29 is 5.11 Å². The zero-order valence-electron chi connectivity index (χ0n) is 18.3. The lowest BCUT2D eigenvalue weighted by Gasteiger charge is -2.30. The molecule has 0 spiro atoms. The topological polar surface area (TPSA) is 35.5 Å². The highest BCUT2D eigenvalue weighted by Gasteiger charge is 2.18. The quantitative estimate of drug-likeness (QED) is 0.380. The van der Waals surface area contributed by atoms with Gasteiger partial charge < -0.3 is 10.4 Å². The van der Waals surface area contributed by atoms with Crippen molar-refractivity contribution in [2.24, 2.45) is 0 Å². The second kappa shape index (κ2) is 12.5. The Morgan fingerprint density at radius 1 is 1.24 bits per heavy atom. The summed E-state index contributed by atoms with van der Waals surface area (Å²) in [5, 5.41) is 13.9. The molecule has 1 aliphatic heterocycles. The van der Waals surface area contributed by atoms with Crippen molar-refractivity contribution in [3.63, 3.8) is 0 Å². The van der Waals surface area contributed by atoms with Crippen LogP contribution in [0.15, 0.2) is 72.5 Å². The highest BCUT2D eigenvalue weighted by Crippen LogP contribution is 2.19. The van der Waals surface area contributed by atoms with E-state index in [-0.39, 0.29) is 0 Å². The molecule has 3 heteroatoms. The van der Waals surface area contributed by atoms with Crippen molar-refractivity contribution in [2.45, 2.75) is 58.6 Å². The summed E-state index contributed by atoms with van der Waals surface area (Å²) in [4.78, 5) is 2.33. The lowest BCUT2D eigenvalue weighted by atomic mass is 10.00. The summed E-state index contributed by atoms with van der Waals surface area (Å²) in [6.45, 7) is 15.6. The fourth-order valence-corrected chi connectivity index (χ4v) is 3.73. The molecule has 2 rings (SSSR count). The van der Waals surface area contributed by atoms with Gasteiger partial charge >= 0.3 is 0 Å². The van der Waals surface area contributed by atoms with Gasteiger partial charge in [0.2, 0.25) is 0 Å². The van der Waals surface area contributed by atoms with Crippen LogP contribution in [0.4, 0.5) is 0 Å². The van der Waals surface area contributed by atoms with E-state index in [1.165, 1.54) is 30.4 Å². The van der Waals surface area contributed by atoms with Gasteiger partial charge in [-0.3, -0.25) is 4.90 Å². The van der Waals surface area contributed by atoms with Gasteiger partial charge in [0.1, 0.15) is 0 Å². The van der Waals surface area contributed by atoms with Crippen LogP contribution in [-0.4, -0.2) is 35.7 Å². The van der Waals surface area contributed by atoms with E-state index in [1.807, 2.05) is 19.1 Å². The molecule has 0 aromatic heterocycles. The minimum absolute atomic E-state index is 0.434. The van der Waals surface area contributed by atoms with Gasteiger partial charge in [-0.1, -0.05) is 81.0 Å². The number of allylic oxidation sites excluding steroid dienone is 4. The van der Waals surface area contributed by atoms with Crippen LogP contribution in [0.25, 0.3) is 0 Å². The average molecular weight is 395 g/mol. The first kappa shape index (κ1) is 23.2. The monoisotopic (exact) mass is 394 g/mol. The Bertz CT molecular complexity index is 732. The van der Waals surface area contributed by atoms with Crippen LogP contribution in [0.2, 0.25) is 0 Å². The standard InChI is InChI=1S/C26H38N2O/c1-5-7-8-12-21(3)17-24(11-6-2)22(4)27-18-26(29)20-28-16-15-23-13-9-10-14-25(23)19-28/h6,9-11,13-14,17,26-27,29H,3-5,7-8,12,15-16,18-20H2,1-2H3/b11-6-,24-17+. The lowest BCUT2D eigenvalue weighted by molar-refractivity contribution is 0.106. The number of nitrogens with zero attached hydrogens (tertiary/aromatic N) is 1. The number of hydrogen-bond acceptors (Lipinski definition) is 3. The first-order chi connectivity index (χ1) is 14.0. The Balaban J connectivity index is 1.82. The fourth-order valence-electron chi connectivity index (χ4n) is 3.73. The van der Waals surface area contributed by atoms with Gasteiger partial charge in [-0.25, -0.2) is 0 Å². The van der Waals surface area contributed by atoms with E-state index in [4.69, 9.17) is 0 Å². The van der Waals surface area contributed by atoms with Crippen molar-refractivity contribution in [1.82, 2.24) is 10.2 Å². The average Bonchev–Trinajstić information content (AvgIpc) is 2.72. The van der Waals surface area contributed by atoms with E-state index >= 15 is 0 Å². The molecule has 0 amide bonds. The maximum absolute atomic E-state index is 10.5. The first-order valence-electron chi connectivity index (χ1n) is 11.0. The molecule has 1 aliphatic rings. The number of rotatable bonds is 12. The predicted molar refractivity (Wildman–Crippen MR) is 125 cm³/mol. The number of β-amino-alcohol motifs (C(OH)–C–C–N with tert-alkyl or cyclic N) is 1. The van der Waals surface area contributed by atoms with Gasteiger partial charge in [0, 0.05) is 31.9 Å². The number of nitrogens with one attached hydrogen (secondary N) is 1. The molecule has 1 heterocycles. The van der Waals surface area contributed by atoms with Crippen molar-refractivity contribution >= 4 is 0 Å². The summed E-state index contributed by atoms with van der Waals surface area (Å²) >= 11 is 0. The Kier molecular flexibility index (Phi) is 9.96. The van der Waals surface area contributed by atoms with Crippen LogP contribution in [0.1, 0.15) is 50.7 Å². The third-order valence-corrected chi connectivity index (χ3v) is 5.39. The summed E-state index contributed by atoms with van der Waals surface area (Å²) in [5.41, 5.74) is 5.81. The zero-order chi connectivity index (χ0) is 21.1. The van der Waals surface area contributed by atoms with Crippen LogP contribution >= 0.6 is 0 Å². The molecule has 0 aliphatic carbocycles. The minimum Gasteiger partial charge on any atom is -0.390 e. The first-order valence-corrected chi connectivity index (χ1v) is 11.0. The number of benzene rings is 1. The molecule has 0 saturated heterocycles. The number of unbranched alkanes of at least 4 members (excludes halogenated alkanes) is 2. The maximum Gasteiger partial charge on any atom is 0.0839 e. The zero-order valence-corrected chi connectivity index (χ0v) is 18.3. The molecule has 0 saturated carbocycles. The number of aliphatic hydroxyl groups excluding tert-OH is 1. The van der Waals surface area contributed by atoms with Crippen LogP contribution < -0.4 is 5.32 Å². The molecule has 3 nitrogen and oxygen atoms in total. The lowest BCUT2D eigenvalue weighted by Crippen LogP contribution is -2.40. The minimum atomic E-state index is -0.434. The Labute approximate surface area is 177 Å². The normalized spacial score (nSPS) is 15.9. The molecule has 0 fully saturated rings. The van der Waals surface area contributed by atoms with Crippen molar-refractivity contribution in [2.75, 3.05) is 19.6 Å². The van der Waals surface area contributed by atoms with Gasteiger partial charge in [-0.15, -0.1) is 0 Å². The van der Waals surface area contributed by atoms with Crippen molar-refractivity contribution in [1.29, 1.82) is 0 Å². The Hall–Kier alpha value is -2.10. The summed E-state index contributed by atoms with van der Waals surface area (Å²) in [6.07, 6.45) is 11.4. The molecule has 158 valence electrons. The molecule has 1 unspecified atom stereocenters. The van der Waals surface area contributed by atoms with Gasteiger partial charge in [0.25, 0.3) is 0 Å². The van der Waals surface area contributed by atoms with E-state index in [0.29, 0.717) is 13.1 Å². The van der Waals surface area contributed by atoms with E-state index in [1.54, 1.807) is 0 Å². The van der Waals surface area contributed by atoms with Crippen LogP contribution in [0.3, 0.4) is 0 Å². The van der Waals surface area contributed by atoms with Gasteiger partial charge in [0.15, 0.2) is 0 Å². The molecular formula is C26H38N2O. The highest BCUT2D eigenvalue weighted by atomic mass is 16.3. The van der Waals surface area contributed by atoms with E-state index in [0.717, 1.165) is 42.8 Å². The predicted octanol–water partition coefficient (Wildman–Crippen LogP) is 5.15. The molecule has 0 radical (unpaired) electrons. The maximum atomic E-state index is 10.5. The molecule has 2 N–H and O–H groups in total. The SMILES string of the molecule is C=C(/C=C(\C=C/C)C(=C)NCC(O)CN1CCc2ccccc2C1)CCCCC. The molecule has 0 bridgehead atoms. The highest BCUT2D eigenvalue weighted by molar-refractivity contribution is 5.41. The van der Waals surface area contributed by atoms with Gasteiger partial charge in [0.05, 0.1) is 6.10 Å². The summed E-state index contributed by atoms with van der Waals surface area (Å²) < 4.78 is 0. The summed E-state index contributed by atoms with van der Waals surface area (Å²) in [5.74, 6) is 0. The van der Waals surface area contributed by atoms with Crippen LogP contribution in [0, 0.1) is 0 Å². The molecular weight excluding hydrogens is 356 g/mol. The Morgan fingerprint density at radius 2 is 2.00 bits per heavy atom. The third kappa shape index (κ3) is 8.04. The van der Waals surface area contributed by atoms with Crippen molar-refractivity contribution in [3.05, 3.63) is 83.6 Å². The summed E-state index contributed by atoms with van der Waals surface area (Å²) in [7, 11) is 0. The number of hydrogen-bond donors (Lipinski definition) is 2. The number of fused-ring (bicyclic) bond motifs is 1. The largest absolute Gasteiger partial charge is 0.390 e. The van der Waals surface area contributed by atoms with Gasteiger partial charge in [-0.2, -0.15) is 0 Å². The smallest absolute Gasteiger partial charge is 0.0839 e. The van der Waals surface area contributed by atoms with Crippen LogP contribution in [0.5, 0.6) is 0 Å². The molecule has 1 aromatic carbocycles. The second-order valence-electron chi connectivity index (χ2n) is 7.98. The number of aliphatic hydroxyl groups is 1.